The topological polar surface area (TPSA) is 87.0 Å². The molecule has 6 nitrogen and oxygen atoms in total. The molecular weight excluding hydrogens is 232 g/mol. The van der Waals surface area contributed by atoms with Gasteiger partial charge >= 0.3 is 0 Å². The summed E-state index contributed by atoms with van der Waals surface area (Å²) < 4.78 is 1.69. The number of nitrogens with zero attached hydrogens (tertiary/aromatic N) is 3. The van der Waals surface area contributed by atoms with Crippen molar-refractivity contribution in [1.82, 2.24) is 9.78 Å². The molecule has 94 valence electrons. The van der Waals surface area contributed by atoms with E-state index in [0.717, 1.165) is 17.0 Å². The van der Waals surface area contributed by atoms with Crippen LogP contribution < -0.4 is 5.73 Å². The molecule has 1 aromatic heterocycles. The highest BCUT2D eigenvalue weighted by Gasteiger charge is 2.13. The number of aryl methyl sites for hydroxylation is 1. The molecule has 0 aliphatic heterocycles. The summed E-state index contributed by atoms with van der Waals surface area (Å²) in [4.78, 5) is 10.3. The SMILES string of the molecule is Cc1nn(-c2cccc([N+](=O)[O-])c2)c(C)c1CN. The maximum atomic E-state index is 10.8. The summed E-state index contributed by atoms with van der Waals surface area (Å²) in [5, 5.41) is 15.1. The van der Waals surface area contributed by atoms with Gasteiger partial charge in [0.25, 0.3) is 5.69 Å². The second-order valence-corrected chi connectivity index (χ2v) is 4.04. The lowest BCUT2D eigenvalue weighted by atomic mass is 10.2. The van der Waals surface area contributed by atoms with Crippen LogP contribution in [-0.4, -0.2) is 14.7 Å². The minimum atomic E-state index is -0.418. The Morgan fingerprint density at radius 2 is 2.17 bits per heavy atom. The molecule has 18 heavy (non-hydrogen) atoms. The van der Waals surface area contributed by atoms with Gasteiger partial charge in [-0.15, -0.1) is 0 Å². The highest BCUT2D eigenvalue weighted by molar-refractivity contribution is 5.44. The number of rotatable bonds is 3. The first kappa shape index (κ1) is 12.3. The van der Waals surface area contributed by atoms with Gasteiger partial charge in [-0.2, -0.15) is 5.10 Å². The smallest absolute Gasteiger partial charge is 0.271 e. The molecular formula is C12H14N4O2. The van der Waals surface area contributed by atoms with Crippen LogP contribution in [0.4, 0.5) is 5.69 Å². The van der Waals surface area contributed by atoms with Crippen molar-refractivity contribution in [1.29, 1.82) is 0 Å². The Balaban J connectivity index is 2.55. The highest BCUT2D eigenvalue weighted by Crippen LogP contribution is 2.20. The Bertz CT molecular complexity index is 604. The van der Waals surface area contributed by atoms with Crippen LogP contribution in [0.1, 0.15) is 17.0 Å². The van der Waals surface area contributed by atoms with E-state index in [9.17, 15) is 10.1 Å². The molecule has 0 fully saturated rings. The number of nitrogens with two attached hydrogens (primary N) is 1. The summed E-state index contributed by atoms with van der Waals surface area (Å²) in [6.07, 6.45) is 0. The number of non-ortho nitro benzene ring substituents is 1. The minimum absolute atomic E-state index is 0.0503. The van der Waals surface area contributed by atoms with E-state index >= 15 is 0 Å². The summed E-state index contributed by atoms with van der Waals surface area (Å²) in [5.41, 5.74) is 9.12. The molecule has 2 N–H and O–H groups in total. The molecule has 0 radical (unpaired) electrons. The van der Waals surface area contributed by atoms with Gasteiger partial charge in [0.1, 0.15) is 0 Å². The van der Waals surface area contributed by atoms with Crippen LogP contribution in [0, 0.1) is 24.0 Å². The van der Waals surface area contributed by atoms with Crippen LogP contribution in [0.3, 0.4) is 0 Å². The average molecular weight is 246 g/mol. The first-order valence-electron chi connectivity index (χ1n) is 5.54. The zero-order chi connectivity index (χ0) is 13.3. The average Bonchev–Trinajstić information content (AvgIpc) is 2.64. The zero-order valence-electron chi connectivity index (χ0n) is 10.3. The van der Waals surface area contributed by atoms with Gasteiger partial charge in [0.05, 0.1) is 16.3 Å². The quantitative estimate of drug-likeness (QED) is 0.661. The third-order valence-electron chi connectivity index (χ3n) is 2.93. The molecule has 1 heterocycles. The van der Waals surface area contributed by atoms with E-state index in [-0.39, 0.29) is 5.69 Å². The second-order valence-electron chi connectivity index (χ2n) is 4.04. The van der Waals surface area contributed by atoms with Crippen LogP contribution in [0.5, 0.6) is 0 Å². The molecule has 0 saturated carbocycles. The van der Waals surface area contributed by atoms with E-state index < -0.39 is 4.92 Å². The van der Waals surface area contributed by atoms with Crippen molar-refractivity contribution in [3.05, 3.63) is 51.3 Å². The van der Waals surface area contributed by atoms with Gasteiger partial charge in [-0.3, -0.25) is 10.1 Å². The van der Waals surface area contributed by atoms with Crippen molar-refractivity contribution < 1.29 is 4.92 Å². The number of hydrogen-bond acceptors (Lipinski definition) is 4. The Morgan fingerprint density at radius 1 is 1.44 bits per heavy atom. The van der Waals surface area contributed by atoms with Gasteiger partial charge < -0.3 is 5.73 Å². The largest absolute Gasteiger partial charge is 0.326 e. The number of nitro benzene ring substituents is 1. The lowest BCUT2D eigenvalue weighted by molar-refractivity contribution is -0.384. The molecule has 0 aliphatic rings. The summed E-state index contributed by atoms with van der Waals surface area (Å²) in [6, 6.07) is 6.39. The van der Waals surface area contributed by atoms with E-state index in [4.69, 9.17) is 5.73 Å². The lowest BCUT2D eigenvalue weighted by Crippen LogP contribution is -2.02. The summed E-state index contributed by atoms with van der Waals surface area (Å²) in [5.74, 6) is 0. The van der Waals surface area contributed by atoms with Gasteiger partial charge in [0.2, 0.25) is 0 Å². The molecule has 0 aliphatic carbocycles. The van der Waals surface area contributed by atoms with Crippen molar-refractivity contribution in [2.75, 3.05) is 0 Å². The van der Waals surface area contributed by atoms with Gasteiger partial charge in [0, 0.05) is 29.9 Å². The summed E-state index contributed by atoms with van der Waals surface area (Å²) >= 11 is 0. The molecule has 0 spiro atoms. The standard InChI is InChI=1S/C12H14N4O2/c1-8-12(7-13)9(2)15(14-8)10-4-3-5-11(6-10)16(17)18/h3-6H,7,13H2,1-2H3. The van der Waals surface area contributed by atoms with Crippen LogP contribution in [0.25, 0.3) is 5.69 Å². The fourth-order valence-corrected chi connectivity index (χ4v) is 1.96. The van der Waals surface area contributed by atoms with Crippen molar-refractivity contribution >= 4 is 5.69 Å². The summed E-state index contributed by atoms with van der Waals surface area (Å²) in [7, 11) is 0. The maximum Gasteiger partial charge on any atom is 0.271 e. The van der Waals surface area contributed by atoms with Gasteiger partial charge in [-0.05, 0) is 19.9 Å². The third kappa shape index (κ3) is 1.98. The van der Waals surface area contributed by atoms with Crippen molar-refractivity contribution in [3.63, 3.8) is 0 Å². The Labute approximate surface area is 104 Å². The first-order valence-corrected chi connectivity index (χ1v) is 5.54. The van der Waals surface area contributed by atoms with E-state index in [1.165, 1.54) is 12.1 Å². The van der Waals surface area contributed by atoms with Gasteiger partial charge in [-0.1, -0.05) is 6.07 Å². The molecule has 2 aromatic rings. The second kappa shape index (κ2) is 4.58. The molecule has 0 atom stereocenters. The summed E-state index contributed by atoms with van der Waals surface area (Å²) in [6.45, 7) is 4.19. The third-order valence-corrected chi connectivity index (χ3v) is 2.93. The van der Waals surface area contributed by atoms with Crippen LogP contribution in [-0.2, 0) is 6.54 Å². The molecule has 0 amide bonds. The Kier molecular flexibility index (Phi) is 3.12. The fraction of sp³-hybridized carbons (Fsp3) is 0.250. The maximum absolute atomic E-state index is 10.8. The monoisotopic (exact) mass is 246 g/mol. The molecule has 0 bridgehead atoms. The number of aromatic nitrogens is 2. The zero-order valence-corrected chi connectivity index (χ0v) is 10.3. The van der Waals surface area contributed by atoms with E-state index in [1.54, 1.807) is 16.8 Å². The fourth-order valence-electron chi connectivity index (χ4n) is 1.96. The molecule has 0 saturated heterocycles. The molecule has 2 rings (SSSR count). The molecule has 0 unspecified atom stereocenters. The number of benzene rings is 1. The van der Waals surface area contributed by atoms with E-state index in [0.29, 0.717) is 12.2 Å². The first-order chi connectivity index (χ1) is 8.54. The highest BCUT2D eigenvalue weighted by atomic mass is 16.6. The van der Waals surface area contributed by atoms with Crippen molar-refractivity contribution in [3.8, 4) is 5.69 Å². The lowest BCUT2D eigenvalue weighted by Gasteiger charge is -2.04. The minimum Gasteiger partial charge on any atom is -0.326 e. The Morgan fingerprint density at radius 3 is 2.72 bits per heavy atom. The van der Waals surface area contributed by atoms with E-state index in [1.807, 2.05) is 13.8 Å². The van der Waals surface area contributed by atoms with Crippen LogP contribution >= 0.6 is 0 Å². The predicted molar refractivity (Wildman–Crippen MR) is 67.6 cm³/mol. The van der Waals surface area contributed by atoms with Gasteiger partial charge in [0.15, 0.2) is 0 Å². The number of nitro groups is 1. The van der Waals surface area contributed by atoms with Crippen molar-refractivity contribution in [2.24, 2.45) is 5.73 Å². The molecule has 6 heteroatoms. The van der Waals surface area contributed by atoms with Crippen LogP contribution in [0.2, 0.25) is 0 Å². The van der Waals surface area contributed by atoms with Crippen LogP contribution in [0.15, 0.2) is 24.3 Å². The van der Waals surface area contributed by atoms with Gasteiger partial charge in [-0.25, -0.2) is 4.68 Å². The Hall–Kier alpha value is -2.21. The number of hydrogen-bond donors (Lipinski definition) is 1. The normalized spacial score (nSPS) is 10.6. The molecule has 1 aromatic carbocycles. The van der Waals surface area contributed by atoms with E-state index in [2.05, 4.69) is 5.10 Å². The van der Waals surface area contributed by atoms with Crippen molar-refractivity contribution in [2.45, 2.75) is 20.4 Å². The predicted octanol–water partition coefficient (Wildman–Crippen LogP) is 1.86.